The fraction of sp³-hybridized carbons (Fsp3) is 0.588. The van der Waals surface area contributed by atoms with Crippen LogP contribution in [0, 0.1) is 0 Å². The number of para-hydroxylation sites is 1. The second-order valence-corrected chi connectivity index (χ2v) is 6.93. The highest BCUT2D eigenvalue weighted by molar-refractivity contribution is 7.99. The maximum absolute atomic E-state index is 12.1. The SMILES string of the molecule is Cl.Cl.O=C(NCc1ccccc1OCCN1CCOCC1)C1CSCN1. The summed E-state index contributed by atoms with van der Waals surface area (Å²) in [5.41, 5.74) is 1.01. The minimum Gasteiger partial charge on any atom is -0.492 e. The van der Waals surface area contributed by atoms with Gasteiger partial charge in [-0.25, -0.2) is 0 Å². The van der Waals surface area contributed by atoms with Crippen molar-refractivity contribution < 1.29 is 14.3 Å². The van der Waals surface area contributed by atoms with Gasteiger partial charge in [0.1, 0.15) is 12.4 Å². The van der Waals surface area contributed by atoms with E-state index in [1.165, 1.54) is 0 Å². The Bertz CT molecular complexity index is 542. The van der Waals surface area contributed by atoms with Gasteiger partial charge in [0.25, 0.3) is 0 Å². The van der Waals surface area contributed by atoms with Crippen molar-refractivity contribution in [3.63, 3.8) is 0 Å². The van der Waals surface area contributed by atoms with E-state index >= 15 is 0 Å². The van der Waals surface area contributed by atoms with E-state index in [2.05, 4.69) is 15.5 Å². The van der Waals surface area contributed by atoms with Crippen molar-refractivity contribution in [3.8, 4) is 5.75 Å². The maximum Gasteiger partial charge on any atom is 0.238 e. The molecule has 0 radical (unpaired) electrons. The number of carbonyl (C=O) groups is 1. The Labute approximate surface area is 171 Å². The number of halogens is 2. The first-order chi connectivity index (χ1) is 11.8. The van der Waals surface area contributed by atoms with Gasteiger partial charge in [-0.15, -0.1) is 36.6 Å². The second-order valence-electron chi connectivity index (χ2n) is 5.90. The maximum atomic E-state index is 12.1. The first kappa shape index (κ1) is 23.3. The van der Waals surface area contributed by atoms with Crippen molar-refractivity contribution in [2.24, 2.45) is 0 Å². The zero-order chi connectivity index (χ0) is 16.6. The van der Waals surface area contributed by atoms with Crippen LogP contribution >= 0.6 is 36.6 Å². The summed E-state index contributed by atoms with van der Waals surface area (Å²) in [7, 11) is 0. The fourth-order valence-corrected chi connectivity index (χ4v) is 3.71. The van der Waals surface area contributed by atoms with Crippen molar-refractivity contribution in [2.75, 3.05) is 51.1 Å². The van der Waals surface area contributed by atoms with Gasteiger partial charge in [-0.2, -0.15) is 0 Å². The van der Waals surface area contributed by atoms with Gasteiger partial charge in [-0.1, -0.05) is 18.2 Å². The molecule has 6 nitrogen and oxygen atoms in total. The van der Waals surface area contributed by atoms with E-state index in [1.807, 2.05) is 24.3 Å². The molecule has 1 unspecified atom stereocenters. The van der Waals surface area contributed by atoms with Crippen molar-refractivity contribution in [3.05, 3.63) is 29.8 Å². The molecule has 0 saturated carbocycles. The lowest BCUT2D eigenvalue weighted by Gasteiger charge is -2.26. The summed E-state index contributed by atoms with van der Waals surface area (Å²) in [6.07, 6.45) is 0. The third kappa shape index (κ3) is 7.13. The topological polar surface area (TPSA) is 62.8 Å². The monoisotopic (exact) mass is 423 g/mol. The molecule has 2 heterocycles. The highest BCUT2D eigenvalue weighted by Gasteiger charge is 2.22. The highest BCUT2D eigenvalue weighted by Crippen LogP contribution is 2.18. The van der Waals surface area contributed by atoms with E-state index in [1.54, 1.807) is 11.8 Å². The van der Waals surface area contributed by atoms with Gasteiger partial charge in [0.05, 0.1) is 19.3 Å². The number of nitrogens with one attached hydrogen (secondary N) is 2. The largest absolute Gasteiger partial charge is 0.492 e. The van der Waals surface area contributed by atoms with E-state index < -0.39 is 0 Å². The molecule has 3 rings (SSSR count). The predicted octanol–water partition coefficient (Wildman–Crippen LogP) is 1.52. The van der Waals surface area contributed by atoms with E-state index in [4.69, 9.17) is 9.47 Å². The normalized spacial score (nSPS) is 19.9. The van der Waals surface area contributed by atoms with E-state index in [9.17, 15) is 4.79 Å². The minimum atomic E-state index is -0.0793. The lowest BCUT2D eigenvalue weighted by Crippen LogP contribution is -2.41. The Hall–Kier alpha value is -0.700. The summed E-state index contributed by atoms with van der Waals surface area (Å²) in [6, 6.07) is 7.82. The third-order valence-corrected chi connectivity index (χ3v) is 5.17. The number of ether oxygens (including phenoxy) is 2. The summed E-state index contributed by atoms with van der Waals surface area (Å²) in [5.74, 6) is 2.59. The molecule has 2 N–H and O–H groups in total. The van der Waals surface area contributed by atoms with Crippen LogP contribution in [0.15, 0.2) is 24.3 Å². The Balaban J connectivity index is 0.00000169. The summed E-state index contributed by atoms with van der Waals surface area (Å²) < 4.78 is 11.3. The average Bonchev–Trinajstić information content (AvgIpc) is 3.16. The van der Waals surface area contributed by atoms with Crippen LogP contribution in [0.1, 0.15) is 5.56 Å². The average molecular weight is 424 g/mol. The molecule has 0 bridgehead atoms. The summed E-state index contributed by atoms with van der Waals surface area (Å²) in [6.45, 7) is 5.57. The molecule has 9 heteroatoms. The van der Waals surface area contributed by atoms with E-state index in [0.29, 0.717) is 13.2 Å². The van der Waals surface area contributed by atoms with Crippen LogP contribution in [-0.4, -0.2) is 67.9 Å². The molecule has 2 saturated heterocycles. The van der Waals surface area contributed by atoms with Crippen molar-refractivity contribution in [2.45, 2.75) is 12.6 Å². The Morgan fingerprint density at radius 1 is 1.31 bits per heavy atom. The molecule has 1 amide bonds. The predicted molar refractivity (Wildman–Crippen MR) is 110 cm³/mol. The van der Waals surface area contributed by atoms with Crippen LogP contribution in [0.25, 0.3) is 0 Å². The highest BCUT2D eigenvalue weighted by atomic mass is 35.5. The van der Waals surface area contributed by atoms with Gasteiger partial charge >= 0.3 is 0 Å². The summed E-state index contributed by atoms with van der Waals surface area (Å²) in [5, 5.41) is 6.18. The van der Waals surface area contributed by atoms with Gasteiger partial charge in [0.2, 0.25) is 5.91 Å². The third-order valence-electron chi connectivity index (χ3n) is 4.23. The van der Waals surface area contributed by atoms with Gasteiger partial charge in [0, 0.05) is 43.4 Å². The standard InChI is InChI=1S/C17H25N3O3S.2ClH/c21-17(15-12-24-13-19-15)18-11-14-3-1-2-4-16(14)23-10-7-20-5-8-22-9-6-20;;/h1-4,15,19H,5-13H2,(H,18,21);2*1H. The molecule has 0 aliphatic carbocycles. The van der Waals surface area contributed by atoms with Gasteiger partial charge in [0.15, 0.2) is 0 Å². The Kier molecular flexibility index (Phi) is 11.4. The van der Waals surface area contributed by atoms with Crippen LogP contribution in [-0.2, 0) is 16.1 Å². The number of nitrogens with zero attached hydrogens (tertiary/aromatic N) is 1. The summed E-state index contributed by atoms with van der Waals surface area (Å²) in [4.78, 5) is 14.4. The smallest absolute Gasteiger partial charge is 0.238 e. The molecule has 0 aromatic heterocycles. The number of carbonyl (C=O) groups excluding carboxylic acids is 1. The number of thioether (sulfide) groups is 1. The van der Waals surface area contributed by atoms with Crippen molar-refractivity contribution in [1.29, 1.82) is 0 Å². The quantitative estimate of drug-likeness (QED) is 0.692. The number of rotatable bonds is 7. The number of amides is 1. The molecular weight excluding hydrogens is 397 g/mol. The Morgan fingerprint density at radius 3 is 2.81 bits per heavy atom. The molecular formula is C17H27Cl2N3O3S. The Morgan fingerprint density at radius 2 is 2.08 bits per heavy atom. The molecule has 1 aromatic rings. The van der Waals surface area contributed by atoms with Crippen molar-refractivity contribution in [1.82, 2.24) is 15.5 Å². The van der Waals surface area contributed by atoms with E-state index in [-0.39, 0.29) is 36.8 Å². The van der Waals surface area contributed by atoms with Crippen LogP contribution in [0.2, 0.25) is 0 Å². The molecule has 26 heavy (non-hydrogen) atoms. The molecule has 2 aliphatic rings. The zero-order valence-corrected chi connectivity index (χ0v) is 17.1. The number of morpholine rings is 1. The molecule has 148 valence electrons. The van der Waals surface area contributed by atoms with Gasteiger partial charge in [-0.3, -0.25) is 15.0 Å². The molecule has 0 spiro atoms. The molecule has 1 aromatic carbocycles. The van der Waals surface area contributed by atoms with Crippen LogP contribution in [0.3, 0.4) is 0 Å². The lowest BCUT2D eigenvalue weighted by atomic mass is 10.2. The van der Waals surface area contributed by atoms with Gasteiger partial charge < -0.3 is 14.8 Å². The molecule has 2 fully saturated rings. The fourth-order valence-electron chi connectivity index (χ4n) is 2.77. The number of hydrogen-bond acceptors (Lipinski definition) is 6. The first-order valence-electron chi connectivity index (χ1n) is 8.42. The van der Waals surface area contributed by atoms with Crippen LogP contribution < -0.4 is 15.4 Å². The molecule has 2 aliphatic heterocycles. The lowest BCUT2D eigenvalue weighted by molar-refractivity contribution is -0.122. The molecule has 1 atom stereocenters. The number of benzene rings is 1. The van der Waals surface area contributed by atoms with Crippen molar-refractivity contribution >= 4 is 42.5 Å². The zero-order valence-electron chi connectivity index (χ0n) is 14.6. The second kappa shape index (κ2) is 12.6. The first-order valence-corrected chi connectivity index (χ1v) is 9.58. The minimum absolute atomic E-state index is 0. The van der Waals surface area contributed by atoms with Gasteiger partial charge in [-0.05, 0) is 6.07 Å². The van der Waals surface area contributed by atoms with Crippen LogP contribution in [0.5, 0.6) is 5.75 Å². The summed E-state index contributed by atoms with van der Waals surface area (Å²) >= 11 is 1.75. The number of hydrogen-bond donors (Lipinski definition) is 2. The van der Waals surface area contributed by atoms with Crippen LogP contribution in [0.4, 0.5) is 0 Å². The van der Waals surface area contributed by atoms with E-state index in [0.717, 1.165) is 55.8 Å².